The molecule has 0 spiro atoms. The minimum Gasteiger partial charge on any atom is -0.481 e. The van der Waals surface area contributed by atoms with Crippen molar-refractivity contribution in [1.29, 1.82) is 0 Å². The van der Waals surface area contributed by atoms with E-state index in [-0.39, 0.29) is 25.0 Å². The molecule has 0 unspecified atom stereocenters. The van der Waals surface area contributed by atoms with Crippen LogP contribution < -0.4 is 0 Å². The van der Waals surface area contributed by atoms with Crippen LogP contribution in [0.4, 0.5) is 0 Å². The predicted octanol–water partition coefficient (Wildman–Crippen LogP) is 0.996. The largest absolute Gasteiger partial charge is 0.481 e. The maximum atomic E-state index is 11.8. The van der Waals surface area contributed by atoms with Gasteiger partial charge in [0.05, 0.1) is 12.7 Å². The highest BCUT2D eigenvalue weighted by Gasteiger charge is 2.36. The normalized spacial score (nSPS) is 24.3. The van der Waals surface area contributed by atoms with Gasteiger partial charge in [0.25, 0.3) is 0 Å². The third kappa shape index (κ3) is 4.28. The van der Waals surface area contributed by atoms with Crippen molar-refractivity contribution >= 4 is 16.0 Å². The highest BCUT2D eigenvalue weighted by atomic mass is 32.2. The van der Waals surface area contributed by atoms with Crippen LogP contribution >= 0.6 is 0 Å². The molecule has 1 saturated heterocycles. The van der Waals surface area contributed by atoms with Gasteiger partial charge in [-0.2, -0.15) is 4.31 Å². The van der Waals surface area contributed by atoms with Gasteiger partial charge >= 0.3 is 5.97 Å². The van der Waals surface area contributed by atoms with Gasteiger partial charge in [-0.3, -0.25) is 9.69 Å². The Morgan fingerprint density at radius 3 is 2.45 bits per heavy atom. The van der Waals surface area contributed by atoms with E-state index in [1.165, 1.54) is 10.6 Å². The Hall–Kier alpha value is -1.44. The lowest BCUT2D eigenvalue weighted by Crippen LogP contribution is -2.58. The van der Waals surface area contributed by atoms with Crippen molar-refractivity contribution in [3.8, 4) is 0 Å². The van der Waals surface area contributed by atoms with Gasteiger partial charge in [-0.05, 0) is 12.5 Å². The second-order valence-corrected chi connectivity index (χ2v) is 7.82. The summed E-state index contributed by atoms with van der Waals surface area (Å²) in [6.45, 7) is 3.18. The molecule has 1 aromatic rings. The summed E-state index contributed by atoms with van der Waals surface area (Å²) in [5.74, 6) is -0.911. The number of nitrogens with zero attached hydrogens (tertiary/aromatic N) is 2. The molecule has 1 N–H and O–H groups in total. The van der Waals surface area contributed by atoms with Crippen LogP contribution in [-0.2, 0) is 21.4 Å². The summed E-state index contributed by atoms with van der Waals surface area (Å²) in [6, 6.07) is 9.45. The molecular weight excluding hydrogens is 304 g/mol. The monoisotopic (exact) mass is 326 g/mol. The van der Waals surface area contributed by atoms with Crippen LogP contribution in [-0.4, -0.2) is 60.1 Å². The van der Waals surface area contributed by atoms with Crippen molar-refractivity contribution in [2.24, 2.45) is 0 Å². The van der Waals surface area contributed by atoms with E-state index in [9.17, 15) is 13.2 Å². The van der Waals surface area contributed by atoms with E-state index in [1.807, 2.05) is 37.3 Å². The van der Waals surface area contributed by atoms with Gasteiger partial charge in [0.1, 0.15) is 0 Å². The van der Waals surface area contributed by atoms with Crippen molar-refractivity contribution in [1.82, 2.24) is 9.21 Å². The van der Waals surface area contributed by atoms with E-state index in [0.717, 1.165) is 5.56 Å². The van der Waals surface area contributed by atoms with Crippen molar-refractivity contribution in [2.45, 2.75) is 32.0 Å². The second-order valence-electron chi connectivity index (χ2n) is 5.84. The fourth-order valence-electron chi connectivity index (χ4n) is 2.91. The smallest absolute Gasteiger partial charge is 0.304 e. The molecule has 1 aliphatic heterocycles. The molecule has 22 heavy (non-hydrogen) atoms. The highest BCUT2D eigenvalue weighted by Crippen LogP contribution is 2.22. The number of hydrogen-bond donors (Lipinski definition) is 1. The van der Waals surface area contributed by atoms with Gasteiger partial charge in [0.2, 0.25) is 10.0 Å². The van der Waals surface area contributed by atoms with Crippen LogP contribution in [0, 0.1) is 0 Å². The molecule has 1 heterocycles. The summed E-state index contributed by atoms with van der Waals surface area (Å²) in [6.07, 6.45) is 1.10. The molecular formula is C15H22N2O4S. The zero-order valence-electron chi connectivity index (χ0n) is 12.8. The number of aliphatic carboxylic acids is 1. The minimum atomic E-state index is -3.31. The molecule has 7 heteroatoms. The molecule has 0 radical (unpaired) electrons. The summed E-state index contributed by atoms with van der Waals surface area (Å²) in [7, 11) is -3.31. The number of carbonyl (C=O) groups is 1. The Balaban J connectivity index is 2.20. The summed E-state index contributed by atoms with van der Waals surface area (Å²) < 4.78 is 25.0. The average molecular weight is 326 g/mol. The minimum absolute atomic E-state index is 0.0342. The molecule has 0 aromatic heterocycles. The standard InChI is InChI=1S/C15H22N2O4S/c1-12-9-16(22(2,20)21)11-14(8-15(18)19)17(12)10-13-6-4-3-5-7-13/h3-7,12,14H,8-11H2,1-2H3,(H,18,19)/t12-,14-/m0/s1. The molecule has 1 fully saturated rings. The zero-order chi connectivity index (χ0) is 16.3. The van der Waals surface area contributed by atoms with Gasteiger partial charge in [0, 0.05) is 31.7 Å². The zero-order valence-corrected chi connectivity index (χ0v) is 13.7. The number of benzene rings is 1. The first kappa shape index (κ1) is 16.9. The van der Waals surface area contributed by atoms with E-state index in [0.29, 0.717) is 13.1 Å². The Bertz CT molecular complexity index is 618. The summed E-state index contributed by atoms with van der Waals surface area (Å²) in [5, 5.41) is 9.13. The van der Waals surface area contributed by atoms with Gasteiger partial charge in [-0.25, -0.2) is 8.42 Å². The van der Waals surface area contributed by atoms with Gasteiger partial charge in [-0.15, -0.1) is 0 Å². The summed E-state index contributed by atoms with van der Waals surface area (Å²) in [4.78, 5) is 13.2. The quantitative estimate of drug-likeness (QED) is 0.873. The molecule has 2 atom stereocenters. The van der Waals surface area contributed by atoms with Crippen LogP contribution in [0.15, 0.2) is 30.3 Å². The number of carboxylic acid groups (broad SMARTS) is 1. The van der Waals surface area contributed by atoms with Crippen LogP contribution in [0.2, 0.25) is 0 Å². The molecule has 2 rings (SSSR count). The molecule has 0 amide bonds. The topological polar surface area (TPSA) is 77.9 Å². The molecule has 6 nitrogen and oxygen atoms in total. The lowest BCUT2D eigenvalue weighted by molar-refractivity contribution is -0.139. The third-order valence-corrected chi connectivity index (χ3v) is 5.24. The van der Waals surface area contributed by atoms with Crippen molar-refractivity contribution in [3.63, 3.8) is 0 Å². The average Bonchev–Trinajstić information content (AvgIpc) is 2.42. The molecule has 1 aromatic carbocycles. The van der Waals surface area contributed by atoms with E-state index in [4.69, 9.17) is 5.11 Å². The van der Waals surface area contributed by atoms with Crippen molar-refractivity contribution in [3.05, 3.63) is 35.9 Å². The van der Waals surface area contributed by atoms with Crippen LogP contribution in [0.5, 0.6) is 0 Å². The van der Waals surface area contributed by atoms with Gasteiger partial charge in [0.15, 0.2) is 0 Å². The molecule has 1 aliphatic rings. The molecule has 0 saturated carbocycles. The van der Waals surface area contributed by atoms with Crippen LogP contribution in [0.25, 0.3) is 0 Å². The number of piperazine rings is 1. The number of hydrogen-bond acceptors (Lipinski definition) is 4. The summed E-state index contributed by atoms with van der Waals surface area (Å²) >= 11 is 0. The predicted molar refractivity (Wildman–Crippen MR) is 83.9 cm³/mol. The lowest BCUT2D eigenvalue weighted by Gasteiger charge is -2.44. The Morgan fingerprint density at radius 2 is 1.91 bits per heavy atom. The number of rotatable bonds is 5. The van der Waals surface area contributed by atoms with E-state index < -0.39 is 16.0 Å². The SMILES string of the molecule is C[C@H]1CN(S(C)(=O)=O)C[C@H](CC(=O)O)N1Cc1ccccc1. The van der Waals surface area contributed by atoms with Crippen LogP contribution in [0.1, 0.15) is 18.9 Å². The Labute approximate surface area is 131 Å². The maximum absolute atomic E-state index is 11.8. The molecule has 122 valence electrons. The Kier molecular flexibility index (Phi) is 5.20. The lowest BCUT2D eigenvalue weighted by atomic mass is 10.0. The second kappa shape index (κ2) is 6.76. The molecule has 0 aliphatic carbocycles. The van der Waals surface area contributed by atoms with E-state index in [1.54, 1.807) is 0 Å². The fraction of sp³-hybridized carbons (Fsp3) is 0.533. The third-order valence-electron chi connectivity index (χ3n) is 4.00. The first-order chi connectivity index (χ1) is 10.3. The number of carboxylic acids is 1. The van der Waals surface area contributed by atoms with E-state index in [2.05, 4.69) is 4.90 Å². The first-order valence-electron chi connectivity index (χ1n) is 7.24. The van der Waals surface area contributed by atoms with Crippen LogP contribution in [0.3, 0.4) is 0 Å². The maximum Gasteiger partial charge on any atom is 0.304 e. The Morgan fingerprint density at radius 1 is 1.27 bits per heavy atom. The summed E-state index contributed by atoms with van der Waals surface area (Å²) in [5.41, 5.74) is 1.09. The molecule has 0 bridgehead atoms. The van der Waals surface area contributed by atoms with Gasteiger partial charge in [-0.1, -0.05) is 30.3 Å². The van der Waals surface area contributed by atoms with Gasteiger partial charge < -0.3 is 5.11 Å². The number of sulfonamides is 1. The highest BCUT2D eigenvalue weighted by molar-refractivity contribution is 7.88. The van der Waals surface area contributed by atoms with Crippen molar-refractivity contribution < 1.29 is 18.3 Å². The van der Waals surface area contributed by atoms with E-state index >= 15 is 0 Å². The first-order valence-corrected chi connectivity index (χ1v) is 9.09. The fourth-order valence-corrected chi connectivity index (χ4v) is 3.84. The van der Waals surface area contributed by atoms with Crippen molar-refractivity contribution in [2.75, 3.05) is 19.3 Å².